The van der Waals surface area contributed by atoms with E-state index < -0.39 is 0 Å². The molecule has 1 fully saturated rings. The minimum atomic E-state index is 0.653. The van der Waals surface area contributed by atoms with Gasteiger partial charge in [0.1, 0.15) is 0 Å². The van der Waals surface area contributed by atoms with Gasteiger partial charge in [-0.2, -0.15) is 0 Å². The Bertz CT molecular complexity index is 271. The molecular formula is C16H29N. The van der Waals surface area contributed by atoms with Crippen molar-refractivity contribution in [2.45, 2.75) is 53.4 Å². The molecule has 0 radical (unpaired) electrons. The van der Waals surface area contributed by atoms with E-state index in [9.17, 15) is 0 Å². The van der Waals surface area contributed by atoms with Gasteiger partial charge >= 0.3 is 0 Å². The number of hydrogen-bond donors (Lipinski definition) is 1. The van der Waals surface area contributed by atoms with Crippen molar-refractivity contribution >= 4 is 0 Å². The summed E-state index contributed by atoms with van der Waals surface area (Å²) in [6.45, 7) is 11.1. The minimum Gasteiger partial charge on any atom is -0.316 e. The van der Waals surface area contributed by atoms with Crippen LogP contribution in [0, 0.1) is 11.8 Å². The van der Waals surface area contributed by atoms with Crippen LogP contribution in [0.2, 0.25) is 0 Å². The molecule has 1 atom stereocenters. The molecule has 0 aromatic carbocycles. The molecule has 1 heteroatoms. The van der Waals surface area contributed by atoms with Crippen LogP contribution in [0.15, 0.2) is 23.3 Å². The van der Waals surface area contributed by atoms with Gasteiger partial charge < -0.3 is 5.32 Å². The summed E-state index contributed by atoms with van der Waals surface area (Å²) in [5.41, 5.74) is 3.15. The summed E-state index contributed by atoms with van der Waals surface area (Å²) >= 11 is 0. The maximum Gasteiger partial charge on any atom is 0.00142 e. The second-order valence-corrected chi connectivity index (χ2v) is 5.40. The van der Waals surface area contributed by atoms with Crippen LogP contribution in [0.25, 0.3) is 0 Å². The predicted octanol–water partition coefficient (Wildman–Crippen LogP) is 4.31. The smallest absolute Gasteiger partial charge is 0.00142 e. The Labute approximate surface area is 107 Å². The molecule has 0 aromatic rings. The van der Waals surface area contributed by atoms with Crippen molar-refractivity contribution < 1.29 is 0 Å². The van der Waals surface area contributed by atoms with E-state index in [0.29, 0.717) is 5.92 Å². The lowest BCUT2D eigenvalue weighted by molar-refractivity contribution is 0.579. The van der Waals surface area contributed by atoms with Crippen molar-refractivity contribution in [3.05, 3.63) is 23.3 Å². The Balaban J connectivity index is 2.55. The van der Waals surface area contributed by atoms with Gasteiger partial charge in [-0.15, -0.1) is 0 Å². The molecule has 0 saturated heterocycles. The summed E-state index contributed by atoms with van der Waals surface area (Å²) in [7, 11) is 0. The summed E-state index contributed by atoms with van der Waals surface area (Å²) in [5.74, 6) is 1.69. The molecular weight excluding hydrogens is 206 g/mol. The van der Waals surface area contributed by atoms with Crippen LogP contribution in [0.5, 0.6) is 0 Å². The number of allylic oxidation sites excluding steroid dienone is 3. The molecule has 1 N–H and O–H groups in total. The third kappa shape index (κ3) is 5.54. The third-order valence-electron chi connectivity index (χ3n) is 3.83. The lowest BCUT2D eigenvalue weighted by Gasteiger charge is -2.16. The molecule has 1 unspecified atom stereocenters. The fourth-order valence-electron chi connectivity index (χ4n) is 2.21. The van der Waals surface area contributed by atoms with Gasteiger partial charge in [0.2, 0.25) is 0 Å². The maximum atomic E-state index is 3.44. The fourth-order valence-corrected chi connectivity index (χ4v) is 2.21. The highest BCUT2D eigenvalue weighted by molar-refractivity contribution is 5.26. The SMILES string of the molecule is C/C=C\C(CCC1CC1)=C(/C)C(C)CNCC. The van der Waals surface area contributed by atoms with Crippen molar-refractivity contribution in [1.29, 1.82) is 0 Å². The van der Waals surface area contributed by atoms with Crippen LogP contribution < -0.4 is 5.32 Å². The average Bonchev–Trinajstić information content (AvgIpc) is 3.14. The zero-order valence-electron chi connectivity index (χ0n) is 12.1. The Hall–Kier alpha value is -0.560. The zero-order valence-corrected chi connectivity index (χ0v) is 12.1. The largest absolute Gasteiger partial charge is 0.316 e. The van der Waals surface area contributed by atoms with Crippen molar-refractivity contribution in [3.8, 4) is 0 Å². The summed E-state index contributed by atoms with van der Waals surface area (Å²) < 4.78 is 0. The molecule has 17 heavy (non-hydrogen) atoms. The van der Waals surface area contributed by atoms with Gasteiger partial charge in [-0.05, 0) is 50.6 Å². The number of rotatable bonds is 8. The molecule has 1 rings (SSSR count). The van der Waals surface area contributed by atoms with Crippen LogP contribution in [-0.2, 0) is 0 Å². The Morgan fingerprint density at radius 1 is 1.41 bits per heavy atom. The van der Waals surface area contributed by atoms with Crippen LogP contribution in [0.3, 0.4) is 0 Å². The maximum absolute atomic E-state index is 3.44. The Kier molecular flexibility index (Phi) is 6.57. The highest BCUT2D eigenvalue weighted by atomic mass is 14.8. The normalized spacial score (nSPS) is 19.5. The number of hydrogen-bond acceptors (Lipinski definition) is 1. The molecule has 98 valence electrons. The zero-order chi connectivity index (χ0) is 12.7. The van der Waals surface area contributed by atoms with Gasteiger partial charge in [0.25, 0.3) is 0 Å². The summed E-state index contributed by atoms with van der Waals surface area (Å²) in [6, 6.07) is 0. The van der Waals surface area contributed by atoms with Gasteiger partial charge in [0, 0.05) is 6.54 Å². The lowest BCUT2D eigenvalue weighted by atomic mass is 9.93. The standard InChI is InChI=1S/C16H29N/c1-5-7-16(11-10-15-8-9-15)14(4)13(3)12-17-6-2/h5,7,13,15,17H,6,8-12H2,1-4H3/b7-5-,16-14-. The van der Waals surface area contributed by atoms with E-state index in [1.807, 2.05) is 0 Å². The first kappa shape index (κ1) is 14.5. The van der Waals surface area contributed by atoms with Crippen molar-refractivity contribution in [3.63, 3.8) is 0 Å². The van der Waals surface area contributed by atoms with Crippen LogP contribution in [0.1, 0.15) is 53.4 Å². The van der Waals surface area contributed by atoms with Crippen LogP contribution in [0.4, 0.5) is 0 Å². The second-order valence-electron chi connectivity index (χ2n) is 5.40. The monoisotopic (exact) mass is 235 g/mol. The van der Waals surface area contributed by atoms with E-state index in [1.54, 1.807) is 11.1 Å². The molecule has 1 aliphatic carbocycles. The second kappa shape index (κ2) is 7.71. The Morgan fingerprint density at radius 3 is 2.65 bits per heavy atom. The van der Waals surface area contributed by atoms with Crippen LogP contribution in [-0.4, -0.2) is 13.1 Å². The molecule has 0 spiro atoms. The van der Waals surface area contributed by atoms with E-state index >= 15 is 0 Å². The Morgan fingerprint density at radius 2 is 2.12 bits per heavy atom. The van der Waals surface area contributed by atoms with Crippen molar-refractivity contribution in [1.82, 2.24) is 5.32 Å². The van der Waals surface area contributed by atoms with Crippen molar-refractivity contribution in [2.75, 3.05) is 13.1 Å². The fraction of sp³-hybridized carbons (Fsp3) is 0.750. The first-order valence-corrected chi connectivity index (χ1v) is 7.22. The lowest BCUT2D eigenvalue weighted by Crippen LogP contribution is -2.21. The van der Waals surface area contributed by atoms with E-state index in [0.717, 1.165) is 19.0 Å². The van der Waals surface area contributed by atoms with E-state index in [2.05, 4.69) is 45.2 Å². The molecule has 0 bridgehead atoms. The average molecular weight is 235 g/mol. The first-order chi connectivity index (χ1) is 8.19. The quantitative estimate of drug-likeness (QED) is 0.618. The number of nitrogens with one attached hydrogen (secondary N) is 1. The molecule has 0 aromatic heterocycles. The van der Waals surface area contributed by atoms with Crippen LogP contribution >= 0.6 is 0 Å². The van der Waals surface area contributed by atoms with Gasteiger partial charge in [-0.3, -0.25) is 0 Å². The molecule has 0 heterocycles. The molecule has 0 aliphatic heterocycles. The first-order valence-electron chi connectivity index (χ1n) is 7.22. The van der Waals surface area contributed by atoms with E-state index in [-0.39, 0.29) is 0 Å². The minimum absolute atomic E-state index is 0.653. The predicted molar refractivity (Wildman–Crippen MR) is 77.2 cm³/mol. The molecule has 1 saturated carbocycles. The highest BCUT2D eigenvalue weighted by Crippen LogP contribution is 2.35. The van der Waals surface area contributed by atoms with Gasteiger partial charge in [-0.25, -0.2) is 0 Å². The molecule has 1 aliphatic rings. The topological polar surface area (TPSA) is 12.0 Å². The molecule has 0 amide bonds. The summed E-state index contributed by atoms with van der Waals surface area (Å²) in [4.78, 5) is 0. The third-order valence-corrected chi connectivity index (χ3v) is 3.83. The summed E-state index contributed by atoms with van der Waals surface area (Å²) in [6.07, 6.45) is 10.1. The summed E-state index contributed by atoms with van der Waals surface area (Å²) in [5, 5.41) is 3.44. The highest BCUT2D eigenvalue weighted by Gasteiger charge is 2.21. The van der Waals surface area contributed by atoms with E-state index in [4.69, 9.17) is 0 Å². The van der Waals surface area contributed by atoms with E-state index in [1.165, 1.54) is 25.7 Å². The van der Waals surface area contributed by atoms with Gasteiger partial charge in [0.15, 0.2) is 0 Å². The molecule has 1 nitrogen and oxygen atoms in total. The van der Waals surface area contributed by atoms with Crippen molar-refractivity contribution in [2.24, 2.45) is 11.8 Å². The van der Waals surface area contributed by atoms with Gasteiger partial charge in [0.05, 0.1) is 0 Å². The van der Waals surface area contributed by atoms with Gasteiger partial charge in [-0.1, -0.05) is 44.4 Å².